The predicted molar refractivity (Wildman–Crippen MR) is 117 cm³/mol. The largest absolute Gasteiger partial charge is 0.394 e. The quantitative estimate of drug-likeness (QED) is 0.261. The lowest BCUT2D eigenvalue weighted by Gasteiger charge is -2.24. The summed E-state index contributed by atoms with van der Waals surface area (Å²) in [5.74, 6) is 10.6. The van der Waals surface area contributed by atoms with E-state index < -0.39 is 26.6 Å². The van der Waals surface area contributed by atoms with Gasteiger partial charge in [-0.15, -0.1) is 0 Å². The monoisotopic (exact) mass is 459 g/mol. The number of amides is 1. The summed E-state index contributed by atoms with van der Waals surface area (Å²) in [7, 11) is -3.78. The van der Waals surface area contributed by atoms with Gasteiger partial charge in [0.15, 0.2) is 14.6 Å². The molecule has 1 saturated carbocycles. The molecule has 3 rings (SSSR count). The van der Waals surface area contributed by atoms with Crippen LogP contribution in [0, 0.1) is 35.5 Å². The number of fused-ring (bicyclic) bond motifs is 1. The lowest BCUT2D eigenvalue weighted by molar-refractivity contribution is -0.131. The fourth-order valence-corrected chi connectivity index (χ4v) is 4.20. The van der Waals surface area contributed by atoms with E-state index in [1.54, 1.807) is 23.0 Å². The molecule has 2 aromatic rings. The Morgan fingerprint density at radius 3 is 2.81 bits per heavy atom. The highest BCUT2D eigenvalue weighted by atomic mass is 32.2. The third kappa shape index (κ3) is 5.12. The first-order valence-corrected chi connectivity index (χ1v) is 11.9. The highest BCUT2D eigenvalue weighted by Gasteiger charge is 2.43. The van der Waals surface area contributed by atoms with Crippen LogP contribution in [0.25, 0.3) is 10.9 Å². The van der Waals surface area contributed by atoms with E-state index in [4.69, 9.17) is 10.3 Å². The number of carbonyl (C=O) groups is 1. The van der Waals surface area contributed by atoms with Gasteiger partial charge >= 0.3 is 0 Å². The summed E-state index contributed by atoms with van der Waals surface area (Å²) in [5.41, 5.74) is 2.85. The molecule has 2 unspecified atom stereocenters. The van der Waals surface area contributed by atoms with Crippen LogP contribution in [0.3, 0.4) is 0 Å². The van der Waals surface area contributed by atoms with E-state index in [9.17, 15) is 18.3 Å². The molecule has 0 spiro atoms. The summed E-state index contributed by atoms with van der Waals surface area (Å²) in [6.45, 7) is 1.16. The molecule has 170 valence electrons. The number of aliphatic hydroxyl groups is 2. The van der Waals surface area contributed by atoms with Crippen molar-refractivity contribution in [1.29, 1.82) is 0 Å². The summed E-state index contributed by atoms with van der Waals surface area (Å²) in [6, 6.07) is 5.41. The predicted octanol–water partition coefficient (Wildman–Crippen LogP) is 0.0793. The first-order chi connectivity index (χ1) is 15.1. The maximum absolute atomic E-state index is 12.1. The molecular formula is C22H25N3O6S. The molecule has 0 radical (unpaired) electrons. The number of benzene rings is 1. The first kappa shape index (κ1) is 23.8. The Hall–Kier alpha value is -2.89. The Balaban J connectivity index is 1.69. The van der Waals surface area contributed by atoms with Gasteiger partial charge in [0.2, 0.25) is 0 Å². The molecule has 32 heavy (non-hydrogen) atoms. The van der Waals surface area contributed by atoms with Crippen molar-refractivity contribution in [3.05, 3.63) is 30.0 Å². The molecular weight excluding hydrogens is 434 g/mol. The minimum atomic E-state index is -3.78. The van der Waals surface area contributed by atoms with E-state index in [1.807, 2.05) is 6.07 Å². The Labute approximate surface area is 186 Å². The molecule has 1 aromatic carbocycles. The van der Waals surface area contributed by atoms with Crippen molar-refractivity contribution in [2.24, 2.45) is 11.8 Å². The lowest BCUT2D eigenvalue weighted by Crippen LogP contribution is -2.49. The number of hydrogen-bond donors (Lipinski definition) is 4. The van der Waals surface area contributed by atoms with Gasteiger partial charge in [-0.2, -0.15) is 5.10 Å². The van der Waals surface area contributed by atoms with Crippen LogP contribution in [0.15, 0.2) is 24.4 Å². The van der Waals surface area contributed by atoms with Gasteiger partial charge in [0.1, 0.15) is 0 Å². The van der Waals surface area contributed by atoms with Gasteiger partial charge in [0.05, 0.1) is 18.2 Å². The van der Waals surface area contributed by atoms with Crippen LogP contribution in [0.2, 0.25) is 0 Å². The average Bonchev–Trinajstić information content (AvgIpc) is 3.42. The number of hydrogen-bond acceptors (Lipinski definition) is 7. The highest BCUT2D eigenvalue weighted by molar-refractivity contribution is 7.92. The molecule has 4 N–H and O–H groups in total. The second-order valence-corrected chi connectivity index (χ2v) is 10.6. The van der Waals surface area contributed by atoms with Crippen LogP contribution in [0.5, 0.6) is 0 Å². The van der Waals surface area contributed by atoms with Crippen LogP contribution in [-0.2, 0) is 21.2 Å². The van der Waals surface area contributed by atoms with Gasteiger partial charge in [-0.3, -0.25) is 14.7 Å². The minimum Gasteiger partial charge on any atom is -0.394 e. The van der Waals surface area contributed by atoms with Gasteiger partial charge in [0, 0.05) is 41.8 Å². The second kappa shape index (κ2) is 9.31. The van der Waals surface area contributed by atoms with E-state index in [2.05, 4.69) is 28.8 Å². The maximum atomic E-state index is 12.1. The minimum absolute atomic E-state index is 0.0181. The van der Waals surface area contributed by atoms with Crippen molar-refractivity contribution >= 4 is 26.6 Å². The zero-order valence-corrected chi connectivity index (χ0v) is 18.6. The van der Waals surface area contributed by atoms with Crippen molar-refractivity contribution < 1.29 is 28.6 Å². The van der Waals surface area contributed by atoms with Crippen molar-refractivity contribution in [3.8, 4) is 23.7 Å². The van der Waals surface area contributed by atoms with Crippen LogP contribution < -0.4 is 5.48 Å². The fraction of sp³-hybridized carbons (Fsp3) is 0.455. The molecule has 0 aliphatic heterocycles. The van der Waals surface area contributed by atoms with Crippen molar-refractivity contribution in [1.82, 2.24) is 15.3 Å². The number of aryl methyl sites for hydroxylation is 1. The van der Waals surface area contributed by atoms with E-state index in [-0.39, 0.29) is 31.4 Å². The van der Waals surface area contributed by atoms with E-state index in [1.165, 1.54) is 12.4 Å². The van der Waals surface area contributed by atoms with E-state index >= 15 is 0 Å². The Kier molecular flexibility index (Phi) is 6.91. The van der Waals surface area contributed by atoms with Crippen LogP contribution in [-0.4, -0.2) is 63.2 Å². The molecule has 10 heteroatoms. The number of carbonyl (C=O) groups excluding carboxylic acids is 1. The zero-order chi connectivity index (χ0) is 23.5. The van der Waals surface area contributed by atoms with Gasteiger partial charge in [-0.1, -0.05) is 11.8 Å². The van der Waals surface area contributed by atoms with Crippen molar-refractivity contribution in [2.75, 3.05) is 12.9 Å². The molecule has 0 saturated heterocycles. The van der Waals surface area contributed by atoms with Crippen molar-refractivity contribution in [3.63, 3.8) is 0 Å². The second-order valence-electron chi connectivity index (χ2n) is 8.14. The number of sulfone groups is 1. The molecule has 1 aromatic heterocycles. The topological polar surface area (TPSA) is 142 Å². The number of aromatic nitrogens is 2. The third-order valence-corrected chi connectivity index (χ3v) is 7.84. The maximum Gasteiger partial charge on any atom is 0.264 e. The standard InChI is InChI=1S/C22H25N3O6S/c1-22(21(28)24-29,32(2,30)31)9-10-25-13-17-11-15(7-8-19(17)23-25)5-3-4-6-16-12-18(16)20(27)14-26/h7-8,11,13,16,18,20,26-27,29H,9-10,12,14H2,1-2H3,(H,24,28)/t16?,18-,20-,22?/m1/s1. The normalized spacial score (nSPS) is 20.3. The molecule has 4 atom stereocenters. The summed E-state index contributed by atoms with van der Waals surface area (Å²) < 4.78 is 23.9. The molecule has 1 aliphatic rings. The summed E-state index contributed by atoms with van der Waals surface area (Å²) in [6.07, 6.45) is 2.65. The van der Waals surface area contributed by atoms with Gasteiger partial charge in [-0.05, 0) is 49.8 Å². The molecule has 1 heterocycles. The summed E-state index contributed by atoms with van der Waals surface area (Å²) >= 11 is 0. The van der Waals surface area contributed by atoms with Gasteiger partial charge in [0.25, 0.3) is 5.91 Å². The van der Waals surface area contributed by atoms with Crippen molar-refractivity contribution in [2.45, 2.75) is 37.2 Å². The zero-order valence-electron chi connectivity index (χ0n) is 17.7. The number of nitrogens with one attached hydrogen (secondary N) is 1. The van der Waals surface area contributed by atoms with Crippen LogP contribution >= 0.6 is 0 Å². The molecule has 1 amide bonds. The van der Waals surface area contributed by atoms with Gasteiger partial charge < -0.3 is 10.2 Å². The Bertz CT molecular complexity index is 1250. The van der Waals surface area contributed by atoms with E-state index in [0.717, 1.165) is 23.6 Å². The highest BCUT2D eigenvalue weighted by Crippen LogP contribution is 2.40. The third-order valence-electron chi connectivity index (χ3n) is 5.82. The van der Waals surface area contributed by atoms with E-state index in [0.29, 0.717) is 5.52 Å². The number of hydroxylamine groups is 1. The fourth-order valence-electron chi connectivity index (χ4n) is 3.36. The smallest absolute Gasteiger partial charge is 0.264 e. The summed E-state index contributed by atoms with van der Waals surface area (Å²) in [4.78, 5) is 11.9. The first-order valence-electron chi connectivity index (χ1n) is 10.0. The Morgan fingerprint density at radius 1 is 1.41 bits per heavy atom. The van der Waals surface area contributed by atoms with Gasteiger partial charge in [-0.25, -0.2) is 13.9 Å². The number of aliphatic hydroxyl groups excluding tert-OH is 2. The Morgan fingerprint density at radius 2 is 2.16 bits per heavy atom. The lowest BCUT2D eigenvalue weighted by atomic mass is 10.1. The summed E-state index contributed by atoms with van der Waals surface area (Å²) in [5, 5.41) is 32.6. The SMILES string of the molecule is CC(CCn1cc2cc(C#CC#CC3C[C@H]3[C@H](O)CO)ccc2n1)(C(=O)NO)S(C)(=O)=O. The number of nitrogens with zero attached hydrogens (tertiary/aromatic N) is 2. The van der Waals surface area contributed by atoms with Crippen LogP contribution in [0.1, 0.15) is 25.3 Å². The molecule has 9 nitrogen and oxygen atoms in total. The molecule has 1 fully saturated rings. The number of rotatable bonds is 7. The average molecular weight is 460 g/mol. The molecule has 1 aliphatic carbocycles. The van der Waals surface area contributed by atoms with Crippen LogP contribution in [0.4, 0.5) is 0 Å². The molecule has 0 bridgehead atoms.